The number of nitrogens with one attached hydrogen (secondary N) is 1. The normalized spacial score (nSPS) is 11.9. The average molecular weight is 548 g/mol. The molecule has 1 N–H and O–H groups in total. The fraction of sp³-hybridized carbons (Fsp3) is 0.100. The maximum Gasteiger partial charge on any atom is 0.253 e. The van der Waals surface area contributed by atoms with Crippen molar-refractivity contribution in [1.82, 2.24) is 9.88 Å². The molecule has 0 fully saturated rings. The zero-order valence-corrected chi connectivity index (χ0v) is 18.8. The molecule has 1 atom stereocenters. The fourth-order valence-electron chi connectivity index (χ4n) is 2.60. The van der Waals surface area contributed by atoms with Gasteiger partial charge >= 0.3 is 0 Å². The molecule has 1 aromatic heterocycles. The van der Waals surface area contributed by atoms with Crippen LogP contribution in [0.1, 0.15) is 19.4 Å². The summed E-state index contributed by atoms with van der Waals surface area (Å²) < 4.78 is 1.01. The summed E-state index contributed by atoms with van der Waals surface area (Å²) in [5, 5.41) is 3.39. The molecule has 0 saturated carbocycles. The SMILES string of the molecule is O=C(NCc1ccc(-c2ccn(C(Cl)I)c(=O)c2)cc1)c1cccc(Cl)c1Cl. The van der Waals surface area contributed by atoms with E-state index in [4.69, 9.17) is 34.8 Å². The lowest BCUT2D eigenvalue weighted by molar-refractivity contribution is 0.0951. The molecule has 4 nitrogen and oxygen atoms in total. The van der Waals surface area contributed by atoms with Gasteiger partial charge in [0.2, 0.25) is 0 Å². The predicted octanol–water partition coefficient (Wildman–Crippen LogP) is 5.88. The van der Waals surface area contributed by atoms with Crippen molar-refractivity contribution in [3.63, 3.8) is 0 Å². The Kier molecular flexibility index (Phi) is 7.04. The van der Waals surface area contributed by atoms with E-state index < -0.39 is 3.51 Å². The topological polar surface area (TPSA) is 51.1 Å². The summed E-state index contributed by atoms with van der Waals surface area (Å²) >= 11 is 19.9. The van der Waals surface area contributed by atoms with Crippen LogP contribution in [0.15, 0.2) is 65.6 Å². The van der Waals surface area contributed by atoms with Gasteiger partial charge in [0.05, 0.1) is 15.6 Å². The second-order valence-corrected chi connectivity index (χ2v) is 9.03. The van der Waals surface area contributed by atoms with E-state index in [2.05, 4.69) is 5.32 Å². The van der Waals surface area contributed by atoms with Crippen molar-refractivity contribution < 1.29 is 4.79 Å². The van der Waals surface area contributed by atoms with Crippen molar-refractivity contribution in [3.8, 4) is 11.1 Å². The van der Waals surface area contributed by atoms with Gasteiger partial charge in [0.25, 0.3) is 11.5 Å². The molecule has 1 amide bonds. The van der Waals surface area contributed by atoms with Crippen LogP contribution < -0.4 is 10.9 Å². The van der Waals surface area contributed by atoms with Crippen molar-refractivity contribution in [2.24, 2.45) is 0 Å². The highest BCUT2D eigenvalue weighted by Crippen LogP contribution is 2.25. The van der Waals surface area contributed by atoms with Gasteiger partial charge in [-0.25, -0.2) is 0 Å². The number of hydrogen-bond acceptors (Lipinski definition) is 2. The third-order valence-electron chi connectivity index (χ3n) is 4.09. The summed E-state index contributed by atoms with van der Waals surface area (Å²) in [6, 6.07) is 15.9. The first kappa shape index (κ1) is 21.2. The minimum Gasteiger partial charge on any atom is -0.348 e. The van der Waals surface area contributed by atoms with E-state index in [0.29, 0.717) is 17.1 Å². The highest BCUT2D eigenvalue weighted by atomic mass is 127. The van der Waals surface area contributed by atoms with Gasteiger partial charge in [0.1, 0.15) is 0 Å². The van der Waals surface area contributed by atoms with Gasteiger partial charge in [0.15, 0.2) is 3.51 Å². The summed E-state index contributed by atoms with van der Waals surface area (Å²) in [7, 11) is 0. The van der Waals surface area contributed by atoms with Crippen LogP contribution in [0.5, 0.6) is 0 Å². The van der Waals surface area contributed by atoms with E-state index in [1.807, 2.05) is 52.9 Å². The quantitative estimate of drug-likeness (QED) is 0.320. The number of benzene rings is 2. The first-order valence-corrected chi connectivity index (χ1v) is 10.6. The van der Waals surface area contributed by atoms with Gasteiger partial charge in [-0.05, 0) is 57.5 Å². The third-order valence-corrected chi connectivity index (χ3v) is 5.72. The summed E-state index contributed by atoms with van der Waals surface area (Å²) in [4.78, 5) is 24.4. The van der Waals surface area contributed by atoms with Gasteiger partial charge in [-0.15, -0.1) is 0 Å². The molecule has 3 rings (SSSR count). The van der Waals surface area contributed by atoms with Crippen LogP contribution in [0, 0.1) is 0 Å². The molecule has 0 aliphatic carbocycles. The van der Waals surface area contributed by atoms with E-state index in [1.165, 1.54) is 4.57 Å². The van der Waals surface area contributed by atoms with Crippen LogP contribution in [0.25, 0.3) is 11.1 Å². The van der Waals surface area contributed by atoms with Crippen LogP contribution in [-0.4, -0.2) is 10.5 Å². The minimum atomic E-state index is -0.432. The van der Waals surface area contributed by atoms with Crippen molar-refractivity contribution in [3.05, 3.63) is 92.3 Å². The van der Waals surface area contributed by atoms with Gasteiger partial charge < -0.3 is 5.32 Å². The number of rotatable bonds is 5. The lowest BCUT2D eigenvalue weighted by Gasteiger charge is -2.10. The standard InChI is InChI=1S/C20H14Cl3IN2O2/c21-16-3-1-2-15(18(16)22)19(28)25-11-12-4-6-13(7-5-12)14-8-9-26(20(23)24)17(27)10-14/h1-10,20H,11H2,(H,25,28). The number of carbonyl (C=O) groups excluding carboxylic acids is 1. The molecule has 1 unspecified atom stereocenters. The fourth-order valence-corrected chi connectivity index (χ4v) is 3.61. The second-order valence-electron chi connectivity index (χ2n) is 5.92. The molecule has 0 radical (unpaired) electrons. The molecule has 8 heteroatoms. The Balaban J connectivity index is 1.69. The maximum atomic E-state index is 12.3. The third kappa shape index (κ3) is 4.89. The molecule has 1 heterocycles. The Bertz CT molecular complexity index is 1070. The van der Waals surface area contributed by atoms with E-state index in [0.717, 1.165) is 16.7 Å². The van der Waals surface area contributed by atoms with Crippen LogP contribution in [-0.2, 0) is 6.54 Å². The second kappa shape index (κ2) is 9.31. The molecule has 144 valence electrons. The molecular formula is C20H14Cl3IN2O2. The number of alkyl halides is 2. The largest absolute Gasteiger partial charge is 0.348 e. The Hall–Kier alpha value is -1.54. The lowest BCUT2D eigenvalue weighted by Crippen LogP contribution is -2.23. The lowest BCUT2D eigenvalue weighted by atomic mass is 10.0. The first-order chi connectivity index (χ1) is 13.4. The van der Waals surface area contributed by atoms with Crippen LogP contribution >= 0.6 is 57.4 Å². The summed E-state index contributed by atoms with van der Waals surface area (Å²) in [5.74, 6) is -0.297. The van der Waals surface area contributed by atoms with E-state index in [9.17, 15) is 9.59 Å². The number of aromatic nitrogens is 1. The summed E-state index contributed by atoms with van der Waals surface area (Å²) in [5.41, 5.74) is 2.78. The molecule has 0 aliphatic rings. The Morgan fingerprint density at radius 3 is 2.43 bits per heavy atom. The van der Waals surface area contributed by atoms with Crippen molar-refractivity contribution in [2.45, 2.75) is 10.1 Å². The molecule has 0 aliphatic heterocycles. The molecule has 28 heavy (non-hydrogen) atoms. The summed E-state index contributed by atoms with van der Waals surface area (Å²) in [6.07, 6.45) is 1.67. The van der Waals surface area contributed by atoms with Gasteiger partial charge in [-0.1, -0.05) is 65.1 Å². The number of pyridine rings is 1. The van der Waals surface area contributed by atoms with Crippen LogP contribution in [0.3, 0.4) is 0 Å². The highest BCUT2D eigenvalue weighted by molar-refractivity contribution is 14.1. The monoisotopic (exact) mass is 546 g/mol. The predicted molar refractivity (Wildman–Crippen MR) is 123 cm³/mol. The number of nitrogens with zero attached hydrogens (tertiary/aromatic N) is 1. The number of hydrogen-bond donors (Lipinski definition) is 1. The Morgan fingerprint density at radius 2 is 1.79 bits per heavy atom. The van der Waals surface area contributed by atoms with Gasteiger partial charge in [-0.3, -0.25) is 14.2 Å². The molecular weight excluding hydrogens is 533 g/mol. The Morgan fingerprint density at radius 1 is 1.07 bits per heavy atom. The van der Waals surface area contributed by atoms with E-state index in [-0.39, 0.29) is 16.5 Å². The van der Waals surface area contributed by atoms with Crippen molar-refractivity contribution in [1.29, 1.82) is 0 Å². The summed E-state index contributed by atoms with van der Waals surface area (Å²) in [6.45, 7) is 0.340. The molecule has 0 spiro atoms. The van der Waals surface area contributed by atoms with E-state index >= 15 is 0 Å². The zero-order valence-electron chi connectivity index (χ0n) is 14.3. The average Bonchev–Trinajstić information content (AvgIpc) is 2.68. The van der Waals surface area contributed by atoms with Gasteiger partial charge in [0, 0.05) is 18.8 Å². The van der Waals surface area contributed by atoms with E-state index in [1.54, 1.807) is 30.5 Å². The number of amides is 1. The first-order valence-electron chi connectivity index (χ1n) is 8.18. The zero-order chi connectivity index (χ0) is 20.3. The maximum absolute atomic E-state index is 12.3. The van der Waals surface area contributed by atoms with Crippen LogP contribution in [0.4, 0.5) is 0 Å². The van der Waals surface area contributed by atoms with Crippen molar-refractivity contribution >= 4 is 63.3 Å². The molecule has 3 aromatic rings. The smallest absolute Gasteiger partial charge is 0.253 e. The molecule has 2 aromatic carbocycles. The minimum absolute atomic E-state index is 0.165. The number of carbonyl (C=O) groups is 1. The molecule has 0 bridgehead atoms. The van der Waals surface area contributed by atoms with Crippen molar-refractivity contribution in [2.75, 3.05) is 0 Å². The highest BCUT2D eigenvalue weighted by Gasteiger charge is 2.12. The van der Waals surface area contributed by atoms with Gasteiger partial charge in [-0.2, -0.15) is 0 Å². The van der Waals surface area contributed by atoms with Crippen LogP contribution in [0.2, 0.25) is 10.0 Å². The molecule has 0 saturated heterocycles. The Labute approximate surface area is 190 Å². The number of halogens is 4.